The zero-order valence-electron chi connectivity index (χ0n) is 21.3. The average Bonchev–Trinajstić information content (AvgIpc) is 3.29. The van der Waals surface area contributed by atoms with Crippen LogP contribution >= 0.6 is 0 Å². The van der Waals surface area contributed by atoms with E-state index in [9.17, 15) is 5.11 Å². The number of aliphatic hydroxyl groups excluding tert-OH is 1. The second-order valence-corrected chi connectivity index (χ2v) is 13.6. The van der Waals surface area contributed by atoms with Gasteiger partial charge in [-0.05, 0) is 98.2 Å². The molecule has 1 saturated heterocycles. The Bertz CT molecular complexity index is 674. The number of fused-ring (bicyclic) bond motifs is 4. The van der Waals surface area contributed by atoms with Gasteiger partial charge < -0.3 is 9.84 Å². The van der Waals surface area contributed by atoms with Crippen LogP contribution in [0.4, 0.5) is 0 Å². The number of aliphatic hydroxyl groups is 1. The van der Waals surface area contributed by atoms with Gasteiger partial charge in [0.15, 0.2) is 0 Å². The van der Waals surface area contributed by atoms with Crippen molar-refractivity contribution in [2.24, 2.45) is 52.3 Å². The summed E-state index contributed by atoms with van der Waals surface area (Å²) in [5, 5.41) is 10.4. The Morgan fingerprint density at radius 2 is 1.74 bits per heavy atom. The van der Waals surface area contributed by atoms with Crippen LogP contribution in [-0.4, -0.2) is 22.9 Å². The molecule has 1 spiro atoms. The van der Waals surface area contributed by atoms with Crippen LogP contribution in [0.5, 0.6) is 0 Å². The zero-order valence-corrected chi connectivity index (χ0v) is 21.3. The molecule has 5 rings (SSSR count). The molecule has 1 aliphatic heterocycles. The summed E-state index contributed by atoms with van der Waals surface area (Å²) in [6, 6.07) is 0. The Kier molecular flexibility index (Phi) is 5.66. The van der Waals surface area contributed by atoms with Crippen molar-refractivity contribution >= 4 is 0 Å². The van der Waals surface area contributed by atoms with Crippen molar-refractivity contribution < 1.29 is 9.84 Å². The molecular formula is C29H50O2. The van der Waals surface area contributed by atoms with E-state index in [1.165, 1.54) is 57.8 Å². The normalized spacial score (nSPS) is 52.6. The molecule has 11 atom stereocenters. The van der Waals surface area contributed by atoms with E-state index in [0.717, 1.165) is 54.3 Å². The van der Waals surface area contributed by atoms with E-state index in [1.807, 2.05) is 0 Å². The Hall–Kier alpha value is -0.0800. The van der Waals surface area contributed by atoms with Gasteiger partial charge >= 0.3 is 0 Å². The van der Waals surface area contributed by atoms with Crippen molar-refractivity contribution in [3.63, 3.8) is 0 Å². The van der Waals surface area contributed by atoms with Crippen molar-refractivity contribution in [1.82, 2.24) is 0 Å². The molecule has 4 aliphatic carbocycles. The fourth-order valence-corrected chi connectivity index (χ4v) is 10.3. The molecule has 1 N–H and O–H groups in total. The van der Waals surface area contributed by atoms with Crippen LogP contribution in [0.25, 0.3) is 0 Å². The van der Waals surface area contributed by atoms with Crippen LogP contribution < -0.4 is 0 Å². The van der Waals surface area contributed by atoms with Crippen molar-refractivity contribution in [3.8, 4) is 0 Å². The molecule has 5 fully saturated rings. The van der Waals surface area contributed by atoms with Gasteiger partial charge in [-0.2, -0.15) is 0 Å². The van der Waals surface area contributed by atoms with E-state index in [1.54, 1.807) is 0 Å². The van der Waals surface area contributed by atoms with Crippen LogP contribution in [0.3, 0.4) is 0 Å². The minimum absolute atomic E-state index is 0.0386. The fourth-order valence-electron chi connectivity index (χ4n) is 10.3. The van der Waals surface area contributed by atoms with Gasteiger partial charge in [-0.25, -0.2) is 0 Å². The first kappa shape index (κ1) is 22.7. The number of ether oxygens (including phenoxy) is 1. The lowest BCUT2D eigenvalue weighted by Crippen LogP contribution is -2.58. The average molecular weight is 431 g/mol. The van der Waals surface area contributed by atoms with Gasteiger partial charge in [-0.1, -0.05) is 54.4 Å². The molecule has 31 heavy (non-hydrogen) atoms. The zero-order chi connectivity index (χ0) is 22.2. The fraction of sp³-hybridized carbons (Fsp3) is 1.00. The molecule has 178 valence electrons. The molecule has 0 aromatic rings. The summed E-state index contributed by atoms with van der Waals surface area (Å²) in [6.07, 6.45) is 14.7. The first-order valence-electron chi connectivity index (χ1n) is 14.0. The van der Waals surface area contributed by atoms with Gasteiger partial charge in [-0.3, -0.25) is 0 Å². The minimum atomic E-state index is -0.127. The summed E-state index contributed by atoms with van der Waals surface area (Å²) in [6.45, 7) is 15.1. The summed E-state index contributed by atoms with van der Waals surface area (Å²) in [4.78, 5) is 0. The lowest BCUT2D eigenvalue weighted by atomic mass is 9.44. The summed E-state index contributed by atoms with van der Waals surface area (Å²) in [5.74, 6) is 6.15. The van der Waals surface area contributed by atoms with Gasteiger partial charge in [0.25, 0.3) is 0 Å². The molecule has 2 nitrogen and oxygen atoms in total. The topological polar surface area (TPSA) is 32.8 Å². The van der Waals surface area contributed by atoms with Gasteiger partial charge in [0, 0.05) is 11.8 Å². The highest BCUT2D eigenvalue weighted by molar-refractivity contribution is 5.24. The van der Waals surface area contributed by atoms with Crippen LogP contribution in [0, 0.1) is 52.3 Å². The first-order chi connectivity index (χ1) is 14.7. The molecule has 5 aliphatic rings. The highest BCUT2D eigenvalue weighted by atomic mass is 16.6. The van der Waals surface area contributed by atoms with E-state index in [2.05, 4.69) is 41.5 Å². The second kappa shape index (κ2) is 7.72. The third kappa shape index (κ3) is 3.23. The van der Waals surface area contributed by atoms with Crippen LogP contribution in [0.2, 0.25) is 0 Å². The third-order valence-electron chi connectivity index (χ3n) is 12.3. The van der Waals surface area contributed by atoms with Gasteiger partial charge in [0.1, 0.15) is 5.60 Å². The summed E-state index contributed by atoms with van der Waals surface area (Å²) >= 11 is 0. The number of rotatable bonds is 6. The smallest absolute Gasteiger partial charge is 0.103 e. The number of hydrogen-bond donors (Lipinski definition) is 1. The number of epoxide rings is 1. The minimum Gasteiger partial charge on any atom is -0.393 e. The van der Waals surface area contributed by atoms with E-state index in [4.69, 9.17) is 4.74 Å². The van der Waals surface area contributed by atoms with E-state index in [0.29, 0.717) is 16.9 Å². The Morgan fingerprint density at radius 3 is 2.45 bits per heavy atom. The molecule has 6 unspecified atom stereocenters. The monoisotopic (exact) mass is 430 g/mol. The molecule has 0 aromatic carbocycles. The molecule has 0 amide bonds. The molecule has 4 saturated carbocycles. The van der Waals surface area contributed by atoms with Crippen LogP contribution in [0.15, 0.2) is 0 Å². The van der Waals surface area contributed by atoms with Crippen molar-refractivity contribution in [2.45, 2.75) is 130 Å². The standard InChI is InChI=1S/C29H50O2/c1-7-20(18(2)3)9-8-19(4)23-10-11-24-22-16-26-29(31-26)17-21(30)12-15-28(29,6)25(22)13-14-27(23,24)5/h18-26,30H,7-17H2,1-6H3/t19-,20-,21+,22?,23?,24?,25?,26?,27-,28-,29?/m1/s1. The van der Waals surface area contributed by atoms with Crippen molar-refractivity contribution in [3.05, 3.63) is 0 Å². The molecular weight excluding hydrogens is 380 g/mol. The van der Waals surface area contributed by atoms with Gasteiger partial charge in [-0.15, -0.1) is 0 Å². The summed E-state index contributed by atoms with van der Waals surface area (Å²) < 4.78 is 6.53. The second-order valence-electron chi connectivity index (χ2n) is 13.6. The third-order valence-corrected chi connectivity index (χ3v) is 12.3. The van der Waals surface area contributed by atoms with Crippen LogP contribution in [-0.2, 0) is 4.74 Å². The highest BCUT2D eigenvalue weighted by Gasteiger charge is 2.76. The molecule has 0 bridgehead atoms. The van der Waals surface area contributed by atoms with E-state index >= 15 is 0 Å². The van der Waals surface area contributed by atoms with E-state index < -0.39 is 0 Å². The maximum absolute atomic E-state index is 10.4. The Morgan fingerprint density at radius 1 is 0.968 bits per heavy atom. The largest absolute Gasteiger partial charge is 0.393 e. The maximum Gasteiger partial charge on any atom is 0.103 e. The molecule has 0 radical (unpaired) electrons. The lowest BCUT2D eigenvalue weighted by molar-refractivity contribution is -0.116. The first-order valence-corrected chi connectivity index (χ1v) is 14.0. The maximum atomic E-state index is 10.4. The summed E-state index contributed by atoms with van der Waals surface area (Å²) in [5.41, 5.74) is 0.910. The Balaban J connectivity index is 1.31. The quantitative estimate of drug-likeness (QED) is 0.451. The predicted octanol–water partition coefficient (Wildman–Crippen LogP) is 7.24. The van der Waals surface area contributed by atoms with Crippen LogP contribution in [0.1, 0.15) is 112 Å². The molecule has 0 aromatic heterocycles. The van der Waals surface area contributed by atoms with Gasteiger partial charge in [0.2, 0.25) is 0 Å². The van der Waals surface area contributed by atoms with Gasteiger partial charge in [0.05, 0.1) is 12.2 Å². The van der Waals surface area contributed by atoms with E-state index in [-0.39, 0.29) is 11.7 Å². The highest BCUT2D eigenvalue weighted by Crippen LogP contribution is 2.74. The summed E-state index contributed by atoms with van der Waals surface area (Å²) in [7, 11) is 0. The molecule has 2 heteroatoms. The Labute approximate surface area is 192 Å². The lowest BCUT2D eigenvalue weighted by Gasteiger charge is -2.59. The SMILES string of the molecule is CC[C@H](CC[C@@H](C)C1CCC2C3CC4OC45C[C@@H](O)CC[C@]5(C)C3CC[C@@]21C)C(C)C. The predicted molar refractivity (Wildman–Crippen MR) is 128 cm³/mol. The van der Waals surface area contributed by atoms with Crippen molar-refractivity contribution in [2.75, 3.05) is 0 Å². The number of hydrogen-bond acceptors (Lipinski definition) is 2. The van der Waals surface area contributed by atoms with Crippen molar-refractivity contribution in [1.29, 1.82) is 0 Å². The molecule has 1 heterocycles.